The molecule has 24 heavy (non-hydrogen) atoms. The summed E-state index contributed by atoms with van der Waals surface area (Å²) >= 11 is 0. The molecule has 2 aromatic rings. The number of amides is 1. The van der Waals surface area contributed by atoms with Crippen LogP contribution in [-0.4, -0.2) is 33.2 Å². The van der Waals surface area contributed by atoms with Crippen LogP contribution < -0.4 is 0 Å². The molecular formula is C19H24FN3O. The average Bonchev–Trinajstić information content (AvgIpc) is 3.08. The topological polar surface area (TPSA) is 38.1 Å². The summed E-state index contributed by atoms with van der Waals surface area (Å²) in [6.07, 6.45) is 3.10. The maximum atomic E-state index is 13.4. The molecule has 1 atom stereocenters. The third-order valence-electron chi connectivity index (χ3n) is 5.04. The van der Waals surface area contributed by atoms with Crippen LogP contribution in [0.3, 0.4) is 0 Å². The number of nitrogens with zero attached hydrogens (tertiary/aromatic N) is 3. The summed E-state index contributed by atoms with van der Waals surface area (Å²) < 4.78 is 15.2. The molecule has 0 radical (unpaired) electrons. The van der Waals surface area contributed by atoms with Crippen molar-refractivity contribution in [2.24, 2.45) is 7.05 Å². The first-order valence-electron chi connectivity index (χ1n) is 8.48. The highest BCUT2D eigenvalue weighted by atomic mass is 19.1. The van der Waals surface area contributed by atoms with E-state index >= 15 is 0 Å². The van der Waals surface area contributed by atoms with Crippen LogP contribution in [0.4, 0.5) is 4.39 Å². The van der Waals surface area contributed by atoms with Gasteiger partial charge in [-0.15, -0.1) is 0 Å². The molecule has 5 heteroatoms. The number of hydrogen-bond acceptors (Lipinski definition) is 2. The van der Waals surface area contributed by atoms with Crippen molar-refractivity contribution in [2.75, 3.05) is 6.54 Å². The predicted molar refractivity (Wildman–Crippen MR) is 91.2 cm³/mol. The van der Waals surface area contributed by atoms with Crippen molar-refractivity contribution in [1.29, 1.82) is 0 Å². The first-order valence-corrected chi connectivity index (χ1v) is 8.48. The Labute approximate surface area is 142 Å². The predicted octanol–water partition coefficient (Wildman–Crippen LogP) is 2.95. The van der Waals surface area contributed by atoms with E-state index in [1.165, 1.54) is 6.07 Å². The largest absolute Gasteiger partial charge is 0.339 e. The van der Waals surface area contributed by atoms with E-state index in [1.54, 1.807) is 12.1 Å². The van der Waals surface area contributed by atoms with Gasteiger partial charge in [0.1, 0.15) is 5.82 Å². The summed E-state index contributed by atoms with van der Waals surface area (Å²) in [4.78, 5) is 14.8. The van der Waals surface area contributed by atoms with Gasteiger partial charge in [-0.25, -0.2) is 4.39 Å². The van der Waals surface area contributed by atoms with E-state index in [-0.39, 0.29) is 17.8 Å². The summed E-state index contributed by atoms with van der Waals surface area (Å²) in [5, 5.41) is 4.39. The minimum atomic E-state index is -0.218. The van der Waals surface area contributed by atoms with Gasteiger partial charge in [0, 0.05) is 30.9 Å². The molecule has 4 nitrogen and oxygen atoms in total. The van der Waals surface area contributed by atoms with E-state index in [0.29, 0.717) is 12.8 Å². The van der Waals surface area contributed by atoms with Crippen LogP contribution in [-0.2, 0) is 24.7 Å². The minimum Gasteiger partial charge on any atom is -0.339 e. The zero-order valence-electron chi connectivity index (χ0n) is 14.6. The van der Waals surface area contributed by atoms with Gasteiger partial charge in [-0.3, -0.25) is 9.48 Å². The third kappa shape index (κ3) is 3.35. The first kappa shape index (κ1) is 16.7. The number of rotatable bonds is 4. The van der Waals surface area contributed by atoms with Gasteiger partial charge in [-0.1, -0.05) is 12.1 Å². The van der Waals surface area contributed by atoms with Crippen molar-refractivity contribution in [3.63, 3.8) is 0 Å². The Morgan fingerprint density at radius 2 is 2.17 bits per heavy atom. The SMILES string of the molecule is Cc1nn(C)c(C)c1CC(=O)N1CCC[C@@H]1Cc1cccc(F)c1. The van der Waals surface area contributed by atoms with Crippen LogP contribution >= 0.6 is 0 Å². The molecule has 0 spiro atoms. The van der Waals surface area contributed by atoms with Crippen LogP contribution in [0.25, 0.3) is 0 Å². The van der Waals surface area contributed by atoms with Crippen molar-refractivity contribution < 1.29 is 9.18 Å². The molecule has 0 bridgehead atoms. The number of hydrogen-bond donors (Lipinski definition) is 0. The fourth-order valence-corrected chi connectivity index (χ4v) is 3.64. The zero-order valence-corrected chi connectivity index (χ0v) is 14.6. The zero-order chi connectivity index (χ0) is 17.3. The van der Waals surface area contributed by atoms with E-state index in [1.807, 2.05) is 36.5 Å². The molecule has 1 aromatic carbocycles. The fourth-order valence-electron chi connectivity index (χ4n) is 3.64. The Bertz CT molecular complexity index is 753. The highest BCUT2D eigenvalue weighted by Crippen LogP contribution is 2.23. The lowest BCUT2D eigenvalue weighted by Gasteiger charge is -2.25. The van der Waals surface area contributed by atoms with Gasteiger partial charge in [0.05, 0.1) is 12.1 Å². The Morgan fingerprint density at radius 1 is 1.38 bits per heavy atom. The molecular weight excluding hydrogens is 305 g/mol. The van der Waals surface area contributed by atoms with E-state index in [4.69, 9.17) is 0 Å². The Kier molecular flexibility index (Phi) is 4.69. The smallest absolute Gasteiger partial charge is 0.227 e. The minimum absolute atomic E-state index is 0.146. The van der Waals surface area contributed by atoms with E-state index in [2.05, 4.69) is 5.10 Å². The second-order valence-electron chi connectivity index (χ2n) is 6.67. The first-order chi connectivity index (χ1) is 11.5. The quantitative estimate of drug-likeness (QED) is 0.865. The molecule has 0 N–H and O–H groups in total. The number of aromatic nitrogens is 2. The normalized spacial score (nSPS) is 17.5. The molecule has 3 rings (SSSR count). The lowest BCUT2D eigenvalue weighted by molar-refractivity contribution is -0.131. The highest BCUT2D eigenvalue weighted by Gasteiger charge is 2.29. The molecule has 1 aliphatic heterocycles. The molecule has 1 aliphatic rings. The van der Waals surface area contributed by atoms with Gasteiger partial charge in [0.25, 0.3) is 0 Å². The molecule has 1 aromatic heterocycles. The van der Waals surface area contributed by atoms with Crippen molar-refractivity contribution >= 4 is 5.91 Å². The van der Waals surface area contributed by atoms with Gasteiger partial charge in [0.15, 0.2) is 0 Å². The Hall–Kier alpha value is -2.17. The van der Waals surface area contributed by atoms with Crippen LogP contribution in [0.5, 0.6) is 0 Å². The van der Waals surface area contributed by atoms with Gasteiger partial charge in [0.2, 0.25) is 5.91 Å². The van der Waals surface area contributed by atoms with E-state index in [0.717, 1.165) is 41.9 Å². The van der Waals surface area contributed by atoms with Crippen LogP contribution in [0, 0.1) is 19.7 Å². The Balaban J connectivity index is 1.71. The second kappa shape index (κ2) is 6.75. The van der Waals surface area contributed by atoms with Crippen LogP contribution in [0.2, 0.25) is 0 Å². The lowest BCUT2D eigenvalue weighted by Crippen LogP contribution is -2.38. The number of aryl methyl sites for hydroxylation is 2. The highest BCUT2D eigenvalue weighted by molar-refractivity contribution is 5.80. The summed E-state index contributed by atoms with van der Waals surface area (Å²) in [5.74, 6) is -0.0712. The number of carbonyl (C=O) groups excluding carboxylic acids is 1. The number of benzene rings is 1. The molecule has 1 amide bonds. The van der Waals surface area contributed by atoms with Gasteiger partial charge in [-0.2, -0.15) is 5.10 Å². The lowest BCUT2D eigenvalue weighted by atomic mass is 10.0. The molecule has 0 aliphatic carbocycles. The van der Waals surface area contributed by atoms with Crippen molar-refractivity contribution in [3.8, 4) is 0 Å². The molecule has 128 valence electrons. The van der Waals surface area contributed by atoms with Gasteiger partial charge >= 0.3 is 0 Å². The van der Waals surface area contributed by atoms with Crippen LogP contribution in [0.1, 0.15) is 35.4 Å². The standard InChI is InChI=1S/C19H24FN3O/c1-13-18(14(2)22(3)21-13)12-19(24)23-9-5-8-17(23)11-15-6-4-7-16(20)10-15/h4,6-7,10,17H,5,8-9,11-12H2,1-3H3/t17-/m1/s1. The molecule has 1 saturated heterocycles. The van der Waals surface area contributed by atoms with Crippen molar-refractivity contribution in [3.05, 3.63) is 52.6 Å². The summed E-state index contributed by atoms with van der Waals surface area (Å²) in [7, 11) is 1.90. The molecule has 0 unspecified atom stereocenters. The van der Waals surface area contributed by atoms with Crippen molar-refractivity contribution in [1.82, 2.24) is 14.7 Å². The average molecular weight is 329 g/mol. The monoisotopic (exact) mass is 329 g/mol. The van der Waals surface area contributed by atoms with Crippen LogP contribution in [0.15, 0.2) is 24.3 Å². The fraction of sp³-hybridized carbons (Fsp3) is 0.474. The molecule has 0 saturated carbocycles. The third-order valence-corrected chi connectivity index (χ3v) is 5.04. The maximum absolute atomic E-state index is 13.4. The molecule has 1 fully saturated rings. The second-order valence-corrected chi connectivity index (χ2v) is 6.67. The maximum Gasteiger partial charge on any atom is 0.227 e. The summed E-state index contributed by atoms with van der Waals surface area (Å²) in [5.41, 5.74) is 3.94. The van der Waals surface area contributed by atoms with Gasteiger partial charge in [-0.05, 0) is 50.8 Å². The van der Waals surface area contributed by atoms with Gasteiger partial charge < -0.3 is 4.90 Å². The van der Waals surface area contributed by atoms with E-state index < -0.39 is 0 Å². The van der Waals surface area contributed by atoms with E-state index in [9.17, 15) is 9.18 Å². The van der Waals surface area contributed by atoms with Crippen molar-refractivity contribution in [2.45, 2.75) is 45.6 Å². The number of likely N-dealkylation sites (tertiary alicyclic amines) is 1. The summed E-state index contributed by atoms with van der Waals surface area (Å²) in [6, 6.07) is 6.84. The number of halogens is 1. The molecule has 2 heterocycles. The Morgan fingerprint density at radius 3 is 2.83 bits per heavy atom. The summed E-state index contributed by atoms with van der Waals surface area (Å²) in [6.45, 7) is 4.73. The number of carbonyl (C=O) groups is 1.